The molecule has 0 amide bonds. The van der Waals surface area contributed by atoms with Gasteiger partial charge in [0, 0.05) is 37.8 Å². The third-order valence-electron chi connectivity index (χ3n) is 5.44. The van der Waals surface area contributed by atoms with Gasteiger partial charge in [-0.05, 0) is 49.4 Å². The first-order chi connectivity index (χ1) is 15.9. The SMILES string of the molecule is CCOc1ccc(-c2cc(N3CCN(S(=O)(=O)c4ccc(OC)c(F)c4)CC3)ncn2)cc1. The molecule has 174 valence electrons. The lowest BCUT2D eigenvalue weighted by atomic mass is 10.1. The molecule has 0 bridgehead atoms. The second kappa shape index (κ2) is 9.72. The highest BCUT2D eigenvalue weighted by Crippen LogP contribution is 2.26. The zero-order chi connectivity index (χ0) is 23.4. The van der Waals surface area contributed by atoms with Crippen molar-refractivity contribution in [2.75, 3.05) is 44.8 Å². The Labute approximate surface area is 192 Å². The van der Waals surface area contributed by atoms with Crippen molar-refractivity contribution in [2.24, 2.45) is 0 Å². The van der Waals surface area contributed by atoms with Crippen LogP contribution in [0, 0.1) is 5.82 Å². The predicted octanol–water partition coefficient (Wildman–Crippen LogP) is 3.20. The molecule has 0 N–H and O–H groups in total. The molecule has 33 heavy (non-hydrogen) atoms. The molecular formula is C23H25FN4O4S. The topological polar surface area (TPSA) is 84.9 Å². The van der Waals surface area contributed by atoms with Gasteiger partial charge in [0.1, 0.15) is 17.9 Å². The summed E-state index contributed by atoms with van der Waals surface area (Å²) in [5, 5.41) is 0. The van der Waals surface area contributed by atoms with Crippen LogP contribution < -0.4 is 14.4 Å². The number of benzene rings is 2. The average Bonchev–Trinajstić information content (AvgIpc) is 2.85. The zero-order valence-electron chi connectivity index (χ0n) is 18.4. The number of hydrogen-bond acceptors (Lipinski definition) is 7. The molecule has 2 aromatic carbocycles. The van der Waals surface area contributed by atoms with Crippen molar-refractivity contribution < 1.29 is 22.3 Å². The van der Waals surface area contributed by atoms with Crippen LogP contribution in [0.5, 0.6) is 11.5 Å². The molecular weight excluding hydrogens is 447 g/mol. The van der Waals surface area contributed by atoms with Crippen LogP contribution >= 0.6 is 0 Å². The molecule has 0 saturated carbocycles. The van der Waals surface area contributed by atoms with Crippen LogP contribution in [0.15, 0.2) is 59.8 Å². The molecule has 2 heterocycles. The summed E-state index contributed by atoms with van der Waals surface area (Å²) >= 11 is 0. The lowest BCUT2D eigenvalue weighted by Gasteiger charge is -2.34. The largest absolute Gasteiger partial charge is 0.494 e. The number of methoxy groups -OCH3 is 1. The predicted molar refractivity (Wildman–Crippen MR) is 123 cm³/mol. The van der Waals surface area contributed by atoms with E-state index in [0.29, 0.717) is 19.7 Å². The number of nitrogens with zero attached hydrogens (tertiary/aromatic N) is 4. The molecule has 1 aromatic heterocycles. The minimum atomic E-state index is -3.81. The van der Waals surface area contributed by atoms with Gasteiger partial charge in [-0.15, -0.1) is 0 Å². The van der Waals surface area contributed by atoms with Crippen molar-refractivity contribution in [1.82, 2.24) is 14.3 Å². The number of rotatable bonds is 7. The normalized spacial score (nSPS) is 14.8. The Bertz CT molecular complexity index is 1210. The summed E-state index contributed by atoms with van der Waals surface area (Å²) in [5.74, 6) is 0.817. The highest BCUT2D eigenvalue weighted by Gasteiger charge is 2.29. The van der Waals surface area contributed by atoms with E-state index in [-0.39, 0.29) is 23.7 Å². The molecule has 1 fully saturated rings. The molecule has 0 radical (unpaired) electrons. The van der Waals surface area contributed by atoms with E-state index in [9.17, 15) is 12.8 Å². The van der Waals surface area contributed by atoms with Gasteiger partial charge in [-0.3, -0.25) is 0 Å². The van der Waals surface area contributed by atoms with Gasteiger partial charge >= 0.3 is 0 Å². The minimum Gasteiger partial charge on any atom is -0.494 e. The fourth-order valence-corrected chi connectivity index (χ4v) is 5.12. The lowest BCUT2D eigenvalue weighted by Crippen LogP contribution is -2.48. The van der Waals surface area contributed by atoms with Crippen LogP contribution in [0.2, 0.25) is 0 Å². The molecule has 1 saturated heterocycles. The third-order valence-corrected chi connectivity index (χ3v) is 7.33. The Kier molecular flexibility index (Phi) is 6.75. The van der Waals surface area contributed by atoms with Gasteiger partial charge in [0.2, 0.25) is 10.0 Å². The van der Waals surface area contributed by atoms with E-state index in [0.717, 1.165) is 28.9 Å². The summed E-state index contributed by atoms with van der Waals surface area (Å²) < 4.78 is 51.7. The van der Waals surface area contributed by atoms with Crippen LogP contribution in [-0.4, -0.2) is 62.6 Å². The maximum Gasteiger partial charge on any atom is 0.243 e. The Morgan fingerprint density at radius 3 is 2.36 bits per heavy atom. The summed E-state index contributed by atoms with van der Waals surface area (Å²) in [7, 11) is -2.48. The van der Waals surface area contributed by atoms with Gasteiger partial charge in [0.15, 0.2) is 11.6 Å². The highest BCUT2D eigenvalue weighted by molar-refractivity contribution is 7.89. The maximum atomic E-state index is 14.0. The highest BCUT2D eigenvalue weighted by atomic mass is 32.2. The molecule has 8 nitrogen and oxygen atoms in total. The molecule has 0 spiro atoms. The van der Waals surface area contributed by atoms with Crippen LogP contribution in [0.4, 0.5) is 10.2 Å². The number of piperazine rings is 1. The van der Waals surface area contributed by atoms with E-state index in [2.05, 4.69) is 9.97 Å². The van der Waals surface area contributed by atoms with Crippen LogP contribution in [0.3, 0.4) is 0 Å². The van der Waals surface area contributed by atoms with E-state index < -0.39 is 15.8 Å². The lowest BCUT2D eigenvalue weighted by molar-refractivity contribution is 0.340. The first kappa shape index (κ1) is 22.9. The second-order valence-corrected chi connectivity index (χ2v) is 9.34. The first-order valence-electron chi connectivity index (χ1n) is 10.6. The molecule has 1 aliphatic rings. The van der Waals surface area contributed by atoms with Crippen molar-refractivity contribution >= 4 is 15.8 Å². The van der Waals surface area contributed by atoms with Crippen molar-refractivity contribution in [3.8, 4) is 22.8 Å². The second-order valence-electron chi connectivity index (χ2n) is 7.41. The van der Waals surface area contributed by atoms with Gasteiger partial charge in [-0.2, -0.15) is 4.31 Å². The average molecular weight is 473 g/mol. The fourth-order valence-electron chi connectivity index (χ4n) is 3.68. The van der Waals surface area contributed by atoms with E-state index in [4.69, 9.17) is 9.47 Å². The van der Waals surface area contributed by atoms with Crippen LogP contribution in [-0.2, 0) is 10.0 Å². The standard InChI is InChI=1S/C23H25FN4O4S/c1-3-32-18-6-4-17(5-7-18)21-15-23(26-16-25-21)27-10-12-28(13-11-27)33(29,30)19-8-9-22(31-2)20(24)14-19/h4-9,14-16H,3,10-13H2,1-2H3. The molecule has 3 aromatic rings. The van der Waals surface area contributed by atoms with Gasteiger partial charge in [-0.25, -0.2) is 22.8 Å². The molecule has 4 rings (SSSR count). The quantitative estimate of drug-likeness (QED) is 0.522. The fraction of sp³-hybridized carbons (Fsp3) is 0.304. The number of anilines is 1. The van der Waals surface area contributed by atoms with Crippen molar-refractivity contribution in [2.45, 2.75) is 11.8 Å². The Balaban J connectivity index is 1.45. The van der Waals surface area contributed by atoms with Crippen molar-refractivity contribution in [3.63, 3.8) is 0 Å². The summed E-state index contributed by atoms with van der Waals surface area (Å²) in [6.45, 7) is 3.98. The smallest absolute Gasteiger partial charge is 0.243 e. The maximum absolute atomic E-state index is 14.0. The monoisotopic (exact) mass is 472 g/mol. The molecule has 10 heteroatoms. The molecule has 0 unspecified atom stereocenters. The summed E-state index contributed by atoms with van der Waals surface area (Å²) in [4.78, 5) is 10.7. The third kappa shape index (κ3) is 4.91. The Morgan fingerprint density at radius 2 is 1.73 bits per heavy atom. The minimum absolute atomic E-state index is 0.00543. The van der Waals surface area contributed by atoms with Gasteiger partial charge in [0.05, 0.1) is 24.3 Å². The van der Waals surface area contributed by atoms with Crippen molar-refractivity contribution in [1.29, 1.82) is 0 Å². The number of ether oxygens (including phenoxy) is 2. The number of halogens is 1. The number of sulfonamides is 1. The Hall–Kier alpha value is -3.24. The van der Waals surface area contributed by atoms with E-state index in [1.807, 2.05) is 42.2 Å². The first-order valence-corrected chi connectivity index (χ1v) is 12.0. The van der Waals surface area contributed by atoms with Gasteiger partial charge in [-0.1, -0.05) is 0 Å². The van der Waals surface area contributed by atoms with E-state index >= 15 is 0 Å². The van der Waals surface area contributed by atoms with Crippen molar-refractivity contribution in [3.05, 3.63) is 60.7 Å². The zero-order valence-corrected chi connectivity index (χ0v) is 19.3. The Morgan fingerprint density at radius 1 is 1.00 bits per heavy atom. The summed E-state index contributed by atoms with van der Waals surface area (Å²) in [5.41, 5.74) is 1.71. The van der Waals surface area contributed by atoms with E-state index in [1.54, 1.807) is 0 Å². The van der Waals surface area contributed by atoms with Crippen LogP contribution in [0.1, 0.15) is 6.92 Å². The van der Waals surface area contributed by atoms with Gasteiger partial charge < -0.3 is 14.4 Å². The van der Waals surface area contributed by atoms with Crippen LogP contribution in [0.25, 0.3) is 11.3 Å². The van der Waals surface area contributed by atoms with Gasteiger partial charge in [0.25, 0.3) is 0 Å². The molecule has 1 aliphatic heterocycles. The molecule has 0 aliphatic carbocycles. The number of hydrogen-bond donors (Lipinski definition) is 0. The summed E-state index contributed by atoms with van der Waals surface area (Å²) in [6, 6.07) is 13.2. The summed E-state index contributed by atoms with van der Waals surface area (Å²) in [6.07, 6.45) is 1.50. The number of aromatic nitrogens is 2. The van der Waals surface area contributed by atoms with E-state index in [1.165, 1.54) is 29.9 Å². The molecule has 0 atom stereocenters.